The number of nitrogens with zero attached hydrogens (tertiary/aromatic N) is 4. The van der Waals surface area contributed by atoms with Crippen LogP contribution in [0.1, 0.15) is 18.3 Å². The van der Waals surface area contributed by atoms with Crippen LogP contribution in [0.3, 0.4) is 0 Å². The minimum Gasteiger partial charge on any atom is -0.373 e. The largest absolute Gasteiger partial charge is 0.373 e. The Morgan fingerprint density at radius 3 is 2.63 bits per heavy atom. The highest BCUT2D eigenvalue weighted by Gasteiger charge is 2.11. The topological polar surface area (TPSA) is 67.7 Å². The fraction of sp³-hybridized carbons (Fsp3) is 0.462. The Labute approximate surface area is 113 Å². The summed E-state index contributed by atoms with van der Waals surface area (Å²) in [6.45, 7) is 6.81. The maximum absolute atomic E-state index is 4.46. The van der Waals surface area contributed by atoms with Crippen molar-refractivity contribution in [3.05, 3.63) is 29.8 Å². The normalized spacial score (nSPS) is 12.2. The maximum Gasteiger partial charge on any atom is 0.135 e. The fourth-order valence-electron chi connectivity index (χ4n) is 1.98. The molecule has 0 spiro atoms. The van der Waals surface area contributed by atoms with E-state index < -0.39 is 0 Å². The molecule has 0 aliphatic heterocycles. The van der Waals surface area contributed by atoms with Crippen LogP contribution < -0.4 is 10.6 Å². The van der Waals surface area contributed by atoms with Gasteiger partial charge in [-0.3, -0.25) is 4.68 Å². The zero-order valence-corrected chi connectivity index (χ0v) is 11.8. The number of hydrogen-bond acceptors (Lipinski definition) is 5. The second-order valence-corrected chi connectivity index (χ2v) is 4.62. The van der Waals surface area contributed by atoms with Gasteiger partial charge in [-0.05, 0) is 26.8 Å². The van der Waals surface area contributed by atoms with Crippen molar-refractivity contribution in [2.45, 2.75) is 33.4 Å². The summed E-state index contributed by atoms with van der Waals surface area (Å²) in [5.74, 6) is 2.49. The molecular weight excluding hydrogens is 240 g/mol. The number of rotatable bonds is 5. The smallest absolute Gasteiger partial charge is 0.135 e. The van der Waals surface area contributed by atoms with Crippen molar-refractivity contribution in [3.8, 4) is 0 Å². The van der Waals surface area contributed by atoms with Crippen LogP contribution in [-0.2, 0) is 6.54 Å². The van der Waals surface area contributed by atoms with Crippen molar-refractivity contribution in [1.82, 2.24) is 19.7 Å². The molecule has 102 valence electrons. The van der Waals surface area contributed by atoms with Crippen molar-refractivity contribution in [2.75, 3.05) is 17.7 Å². The van der Waals surface area contributed by atoms with Gasteiger partial charge in [0.2, 0.25) is 0 Å². The van der Waals surface area contributed by atoms with Crippen LogP contribution in [0, 0.1) is 13.8 Å². The lowest BCUT2D eigenvalue weighted by Gasteiger charge is -2.18. The third-order valence-electron chi connectivity index (χ3n) is 2.90. The number of nitrogens with one attached hydrogen (secondary N) is 2. The van der Waals surface area contributed by atoms with Gasteiger partial charge in [0, 0.05) is 31.0 Å². The summed E-state index contributed by atoms with van der Waals surface area (Å²) in [6.07, 6.45) is 3.74. The first-order chi connectivity index (χ1) is 9.10. The average molecular weight is 260 g/mol. The third-order valence-corrected chi connectivity index (χ3v) is 2.90. The van der Waals surface area contributed by atoms with Gasteiger partial charge in [0.25, 0.3) is 0 Å². The summed E-state index contributed by atoms with van der Waals surface area (Å²) < 4.78 is 1.90. The van der Waals surface area contributed by atoms with Gasteiger partial charge in [0.15, 0.2) is 0 Å². The summed E-state index contributed by atoms with van der Waals surface area (Å²) in [4.78, 5) is 8.81. The first-order valence-electron chi connectivity index (χ1n) is 6.37. The monoisotopic (exact) mass is 260 g/mol. The highest BCUT2D eigenvalue weighted by Crippen LogP contribution is 2.20. The van der Waals surface area contributed by atoms with Crippen LogP contribution in [0.15, 0.2) is 18.5 Å². The van der Waals surface area contributed by atoms with Crippen LogP contribution >= 0.6 is 0 Å². The quantitative estimate of drug-likeness (QED) is 0.858. The van der Waals surface area contributed by atoms with Crippen molar-refractivity contribution in [2.24, 2.45) is 0 Å². The van der Waals surface area contributed by atoms with E-state index in [2.05, 4.69) is 32.6 Å². The minimum atomic E-state index is 0.234. The van der Waals surface area contributed by atoms with Crippen LogP contribution in [0.4, 0.5) is 11.6 Å². The molecule has 2 aromatic rings. The Morgan fingerprint density at radius 2 is 2.00 bits per heavy atom. The van der Waals surface area contributed by atoms with Gasteiger partial charge in [-0.2, -0.15) is 5.10 Å². The predicted octanol–water partition coefficient (Wildman–Crippen LogP) is 1.83. The first-order valence-corrected chi connectivity index (χ1v) is 6.37. The second-order valence-electron chi connectivity index (χ2n) is 4.62. The lowest BCUT2D eigenvalue weighted by molar-refractivity contribution is 0.559. The molecule has 0 amide bonds. The van der Waals surface area contributed by atoms with Gasteiger partial charge in [0.1, 0.15) is 17.5 Å². The molecule has 0 aliphatic rings. The molecule has 0 aliphatic carbocycles. The minimum absolute atomic E-state index is 0.234. The molecule has 6 heteroatoms. The first kappa shape index (κ1) is 13.3. The second kappa shape index (κ2) is 5.69. The number of hydrogen-bond donors (Lipinski definition) is 2. The van der Waals surface area contributed by atoms with Crippen molar-refractivity contribution >= 4 is 11.6 Å². The van der Waals surface area contributed by atoms with E-state index in [0.29, 0.717) is 0 Å². The molecule has 0 saturated carbocycles. The summed E-state index contributed by atoms with van der Waals surface area (Å²) in [5, 5.41) is 10.7. The van der Waals surface area contributed by atoms with E-state index in [9.17, 15) is 0 Å². The van der Waals surface area contributed by atoms with E-state index in [-0.39, 0.29) is 6.04 Å². The van der Waals surface area contributed by atoms with Gasteiger partial charge in [-0.1, -0.05) is 0 Å². The van der Waals surface area contributed by atoms with E-state index in [1.54, 1.807) is 6.20 Å². The van der Waals surface area contributed by atoms with Crippen molar-refractivity contribution in [1.29, 1.82) is 0 Å². The molecule has 2 heterocycles. The molecular formula is C13H20N6. The van der Waals surface area contributed by atoms with E-state index in [1.807, 2.05) is 37.8 Å². The Kier molecular flexibility index (Phi) is 3.99. The highest BCUT2D eigenvalue weighted by atomic mass is 15.3. The Hall–Kier alpha value is -2.11. The van der Waals surface area contributed by atoms with E-state index in [1.165, 1.54) is 0 Å². The molecule has 2 aromatic heterocycles. The molecule has 19 heavy (non-hydrogen) atoms. The van der Waals surface area contributed by atoms with E-state index in [4.69, 9.17) is 0 Å². The number of anilines is 2. The van der Waals surface area contributed by atoms with E-state index >= 15 is 0 Å². The summed E-state index contributed by atoms with van der Waals surface area (Å²) in [7, 11) is 1.87. The number of aryl methyl sites for hydroxylation is 1. The van der Waals surface area contributed by atoms with Gasteiger partial charge in [0.05, 0.1) is 6.54 Å². The lowest BCUT2D eigenvalue weighted by Crippen LogP contribution is -2.24. The third kappa shape index (κ3) is 3.21. The van der Waals surface area contributed by atoms with Gasteiger partial charge < -0.3 is 10.6 Å². The van der Waals surface area contributed by atoms with Gasteiger partial charge in [-0.25, -0.2) is 9.97 Å². The Bertz CT molecular complexity index is 534. The summed E-state index contributed by atoms with van der Waals surface area (Å²) in [6, 6.07) is 2.16. The highest BCUT2D eigenvalue weighted by molar-refractivity contribution is 5.57. The average Bonchev–Trinajstić information content (AvgIpc) is 2.86. The van der Waals surface area contributed by atoms with Crippen LogP contribution in [0.2, 0.25) is 0 Å². The molecule has 0 fully saturated rings. The SMILES string of the molecule is CNc1nc(C)nc(NC(C)Cn2cccn2)c1C. The van der Waals surface area contributed by atoms with Crippen molar-refractivity contribution in [3.63, 3.8) is 0 Å². The van der Waals surface area contributed by atoms with Crippen LogP contribution in [0.5, 0.6) is 0 Å². The zero-order chi connectivity index (χ0) is 13.8. The summed E-state index contributed by atoms with van der Waals surface area (Å²) >= 11 is 0. The fourth-order valence-corrected chi connectivity index (χ4v) is 1.98. The molecule has 0 radical (unpaired) electrons. The standard InChI is InChI=1S/C13H20N6/c1-9(8-19-7-5-6-15-19)16-13-10(2)12(14-4)17-11(3)18-13/h5-7,9H,8H2,1-4H3,(H2,14,16,17,18). The van der Waals surface area contributed by atoms with Crippen LogP contribution in [-0.4, -0.2) is 32.8 Å². The van der Waals surface area contributed by atoms with Crippen LogP contribution in [0.25, 0.3) is 0 Å². The maximum atomic E-state index is 4.46. The Morgan fingerprint density at radius 1 is 1.26 bits per heavy atom. The molecule has 0 saturated heterocycles. The molecule has 6 nitrogen and oxygen atoms in total. The Balaban J connectivity index is 2.12. The molecule has 1 unspecified atom stereocenters. The van der Waals surface area contributed by atoms with E-state index in [0.717, 1.165) is 29.6 Å². The van der Waals surface area contributed by atoms with Gasteiger partial charge >= 0.3 is 0 Å². The molecule has 0 aromatic carbocycles. The zero-order valence-electron chi connectivity index (χ0n) is 11.8. The van der Waals surface area contributed by atoms with Crippen molar-refractivity contribution < 1.29 is 0 Å². The molecule has 2 rings (SSSR count). The molecule has 0 bridgehead atoms. The molecule has 1 atom stereocenters. The lowest BCUT2D eigenvalue weighted by atomic mass is 10.2. The number of aromatic nitrogens is 4. The summed E-state index contributed by atoms with van der Waals surface area (Å²) in [5.41, 5.74) is 1.03. The predicted molar refractivity (Wildman–Crippen MR) is 76.4 cm³/mol. The molecule has 2 N–H and O–H groups in total. The van der Waals surface area contributed by atoms with Gasteiger partial charge in [-0.15, -0.1) is 0 Å².